The van der Waals surface area contributed by atoms with Crippen LogP contribution in [-0.4, -0.2) is 47.4 Å². The van der Waals surface area contributed by atoms with E-state index in [-0.39, 0.29) is 29.3 Å². The SMILES string of the molecule is CO[C@@H]1CC[C@H](N(CC[C@@]2(c3ccccn3)CCOC3(CCCC3)C2)C(=O)OC(C)(C)C)c2ccccc21. The summed E-state index contributed by atoms with van der Waals surface area (Å²) < 4.78 is 18.3. The van der Waals surface area contributed by atoms with Crippen LogP contribution in [0.5, 0.6) is 0 Å². The van der Waals surface area contributed by atoms with Crippen LogP contribution in [0.2, 0.25) is 0 Å². The standard InChI is InChI=1S/C32H44N2O4/c1-30(2,3)38-29(35)34(26-14-15-27(36-4)25-12-6-5-11-24(25)26)21-18-31(28-13-7-10-20-33-28)19-22-37-32(23-31)16-8-9-17-32/h5-7,10-13,20,26-27H,8-9,14-19,21-23H2,1-4H3/t26-,27+,31+/m0/s1. The Morgan fingerprint density at radius 2 is 1.79 bits per heavy atom. The molecule has 2 aromatic rings. The van der Waals surface area contributed by atoms with Crippen molar-refractivity contribution in [3.8, 4) is 0 Å². The summed E-state index contributed by atoms with van der Waals surface area (Å²) in [7, 11) is 1.77. The molecule has 1 aromatic carbocycles. The second kappa shape index (κ2) is 11.0. The molecule has 6 heteroatoms. The van der Waals surface area contributed by atoms with Crippen molar-refractivity contribution in [1.82, 2.24) is 9.88 Å². The second-order valence-electron chi connectivity index (χ2n) is 12.5. The normalized spacial score (nSPS) is 26.6. The Morgan fingerprint density at radius 1 is 1.05 bits per heavy atom. The molecule has 1 saturated heterocycles. The van der Waals surface area contributed by atoms with E-state index in [1.165, 1.54) is 24.0 Å². The number of carbonyl (C=O) groups excluding carboxylic acids is 1. The Kier molecular flexibility index (Phi) is 7.84. The Hall–Kier alpha value is -2.44. The molecule has 1 saturated carbocycles. The third-order valence-electron chi connectivity index (χ3n) is 8.90. The van der Waals surface area contributed by atoms with Gasteiger partial charge in [-0.2, -0.15) is 0 Å². The molecule has 1 amide bonds. The molecular formula is C32H44N2O4. The molecule has 206 valence electrons. The quantitative estimate of drug-likeness (QED) is 0.400. The maximum atomic E-state index is 13.8. The lowest BCUT2D eigenvalue weighted by molar-refractivity contribution is -0.106. The third-order valence-corrected chi connectivity index (χ3v) is 8.90. The molecule has 2 heterocycles. The third kappa shape index (κ3) is 5.62. The van der Waals surface area contributed by atoms with E-state index in [1.54, 1.807) is 7.11 Å². The van der Waals surface area contributed by atoms with Crippen LogP contribution >= 0.6 is 0 Å². The molecule has 38 heavy (non-hydrogen) atoms. The smallest absolute Gasteiger partial charge is 0.410 e. The van der Waals surface area contributed by atoms with Gasteiger partial charge >= 0.3 is 6.09 Å². The monoisotopic (exact) mass is 520 g/mol. The summed E-state index contributed by atoms with van der Waals surface area (Å²) in [5, 5.41) is 0. The summed E-state index contributed by atoms with van der Waals surface area (Å²) in [4.78, 5) is 20.7. The average molecular weight is 521 g/mol. The number of rotatable bonds is 6. The highest BCUT2D eigenvalue weighted by Crippen LogP contribution is 2.50. The first-order chi connectivity index (χ1) is 18.2. The van der Waals surface area contributed by atoms with Gasteiger partial charge in [-0.1, -0.05) is 43.2 Å². The van der Waals surface area contributed by atoms with Gasteiger partial charge in [-0.05, 0) is 89.0 Å². The number of benzene rings is 1. The average Bonchev–Trinajstić information content (AvgIpc) is 3.35. The van der Waals surface area contributed by atoms with E-state index < -0.39 is 5.60 Å². The molecule has 3 atom stereocenters. The number of ether oxygens (including phenoxy) is 3. The molecule has 0 N–H and O–H groups in total. The van der Waals surface area contributed by atoms with E-state index in [1.807, 2.05) is 37.9 Å². The zero-order chi connectivity index (χ0) is 26.8. The largest absolute Gasteiger partial charge is 0.444 e. The number of pyridine rings is 1. The molecular weight excluding hydrogens is 476 g/mol. The van der Waals surface area contributed by atoms with Gasteiger partial charge in [-0.15, -0.1) is 0 Å². The van der Waals surface area contributed by atoms with Crippen molar-refractivity contribution < 1.29 is 19.0 Å². The number of methoxy groups -OCH3 is 1. The van der Waals surface area contributed by atoms with Crippen LogP contribution in [0.25, 0.3) is 0 Å². The lowest BCUT2D eigenvalue weighted by atomic mass is 9.67. The fourth-order valence-corrected chi connectivity index (χ4v) is 7.12. The van der Waals surface area contributed by atoms with Crippen molar-refractivity contribution in [2.75, 3.05) is 20.3 Å². The number of hydrogen-bond donors (Lipinski definition) is 0. The number of carbonyl (C=O) groups is 1. The van der Waals surface area contributed by atoms with Crippen molar-refractivity contribution in [2.24, 2.45) is 0 Å². The van der Waals surface area contributed by atoms with E-state index in [9.17, 15) is 4.79 Å². The minimum atomic E-state index is -0.566. The van der Waals surface area contributed by atoms with Gasteiger partial charge in [0.15, 0.2) is 0 Å². The number of fused-ring (bicyclic) bond motifs is 1. The summed E-state index contributed by atoms with van der Waals surface area (Å²) in [6.45, 7) is 7.17. The van der Waals surface area contributed by atoms with Crippen LogP contribution in [0, 0.1) is 0 Å². The molecule has 5 rings (SSSR count). The molecule has 0 bridgehead atoms. The van der Waals surface area contributed by atoms with Gasteiger partial charge in [0.1, 0.15) is 5.60 Å². The zero-order valence-corrected chi connectivity index (χ0v) is 23.6. The number of nitrogens with zero attached hydrogens (tertiary/aromatic N) is 2. The lowest BCUT2D eigenvalue weighted by Crippen LogP contribution is -2.49. The van der Waals surface area contributed by atoms with Crippen LogP contribution < -0.4 is 0 Å². The molecule has 1 aromatic heterocycles. The topological polar surface area (TPSA) is 60.9 Å². The van der Waals surface area contributed by atoms with Gasteiger partial charge < -0.3 is 19.1 Å². The Bertz CT molecular complexity index is 1090. The molecule has 2 aliphatic carbocycles. The highest BCUT2D eigenvalue weighted by molar-refractivity contribution is 5.69. The first kappa shape index (κ1) is 27.1. The second-order valence-corrected chi connectivity index (χ2v) is 12.5. The van der Waals surface area contributed by atoms with Crippen LogP contribution in [0.3, 0.4) is 0 Å². The number of hydrogen-bond acceptors (Lipinski definition) is 5. The predicted octanol–water partition coefficient (Wildman–Crippen LogP) is 7.29. The van der Waals surface area contributed by atoms with Crippen LogP contribution in [-0.2, 0) is 19.6 Å². The molecule has 6 nitrogen and oxygen atoms in total. The van der Waals surface area contributed by atoms with Gasteiger partial charge in [0.05, 0.1) is 17.7 Å². The van der Waals surface area contributed by atoms with Gasteiger partial charge in [0.2, 0.25) is 0 Å². The van der Waals surface area contributed by atoms with Crippen molar-refractivity contribution in [2.45, 2.75) is 107 Å². The van der Waals surface area contributed by atoms with Gasteiger partial charge in [-0.3, -0.25) is 4.98 Å². The van der Waals surface area contributed by atoms with Crippen molar-refractivity contribution in [1.29, 1.82) is 0 Å². The summed E-state index contributed by atoms with van der Waals surface area (Å²) in [6.07, 6.45) is 10.8. The van der Waals surface area contributed by atoms with E-state index in [0.29, 0.717) is 6.54 Å². The maximum Gasteiger partial charge on any atom is 0.410 e. The van der Waals surface area contributed by atoms with Crippen molar-refractivity contribution >= 4 is 6.09 Å². The van der Waals surface area contributed by atoms with E-state index in [2.05, 4.69) is 36.4 Å². The van der Waals surface area contributed by atoms with Crippen molar-refractivity contribution in [3.05, 3.63) is 65.5 Å². The minimum Gasteiger partial charge on any atom is -0.444 e. The highest BCUT2D eigenvalue weighted by atomic mass is 16.6. The summed E-state index contributed by atoms with van der Waals surface area (Å²) in [6, 6.07) is 14.6. The molecule has 1 aliphatic heterocycles. The first-order valence-electron chi connectivity index (χ1n) is 14.4. The predicted molar refractivity (Wildman–Crippen MR) is 148 cm³/mol. The Morgan fingerprint density at radius 3 is 2.47 bits per heavy atom. The van der Waals surface area contributed by atoms with Crippen molar-refractivity contribution in [3.63, 3.8) is 0 Å². The van der Waals surface area contributed by atoms with Gasteiger partial charge in [0.25, 0.3) is 0 Å². The summed E-state index contributed by atoms with van der Waals surface area (Å²) in [5.74, 6) is 0. The Labute approximate surface area is 228 Å². The molecule has 3 aliphatic rings. The van der Waals surface area contributed by atoms with Crippen LogP contribution in [0.1, 0.15) is 108 Å². The zero-order valence-electron chi connectivity index (χ0n) is 23.6. The van der Waals surface area contributed by atoms with Gasteiger partial charge in [-0.25, -0.2) is 4.79 Å². The molecule has 2 fully saturated rings. The van der Waals surface area contributed by atoms with E-state index >= 15 is 0 Å². The van der Waals surface area contributed by atoms with E-state index in [4.69, 9.17) is 19.2 Å². The fraction of sp³-hybridized carbons (Fsp3) is 0.625. The maximum absolute atomic E-state index is 13.8. The molecule has 0 radical (unpaired) electrons. The first-order valence-corrected chi connectivity index (χ1v) is 14.4. The number of aromatic nitrogens is 1. The molecule has 0 unspecified atom stereocenters. The van der Waals surface area contributed by atoms with Crippen LogP contribution in [0.15, 0.2) is 48.7 Å². The lowest BCUT2D eigenvalue weighted by Gasteiger charge is -2.47. The molecule has 1 spiro atoms. The number of amides is 1. The van der Waals surface area contributed by atoms with Gasteiger partial charge in [0, 0.05) is 37.6 Å². The minimum absolute atomic E-state index is 0.0477. The van der Waals surface area contributed by atoms with Crippen LogP contribution in [0.4, 0.5) is 4.79 Å². The summed E-state index contributed by atoms with van der Waals surface area (Å²) >= 11 is 0. The van der Waals surface area contributed by atoms with E-state index in [0.717, 1.165) is 57.2 Å². The highest BCUT2D eigenvalue weighted by Gasteiger charge is 2.49. The Balaban J connectivity index is 1.48. The fourth-order valence-electron chi connectivity index (χ4n) is 7.12. The summed E-state index contributed by atoms with van der Waals surface area (Å²) in [5.41, 5.74) is 2.72.